The third-order valence-electron chi connectivity index (χ3n) is 9.73. The molecule has 0 spiro atoms. The van der Waals surface area contributed by atoms with Crippen molar-refractivity contribution in [2.75, 3.05) is 64.7 Å². The van der Waals surface area contributed by atoms with Crippen LogP contribution in [0.5, 0.6) is 0 Å². The highest BCUT2D eigenvalue weighted by Gasteiger charge is 2.31. The Bertz CT molecular complexity index is 1770. The molecule has 0 saturated carbocycles. The van der Waals surface area contributed by atoms with Crippen LogP contribution in [-0.2, 0) is 32.0 Å². The highest BCUT2D eigenvalue weighted by molar-refractivity contribution is 6.03. The molecule has 2 saturated heterocycles. The lowest BCUT2D eigenvalue weighted by molar-refractivity contribution is -0.123. The van der Waals surface area contributed by atoms with E-state index in [0.717, 1.165) is 55.6 Å². The van der Waals surface area contributed by atoms with Crippen molar-refractivity contribution >= 4 is 29.5 Å². The molecule has 3 aromatic rings. The van der Waals surface area contributed by atoms with Gasteiger partial charge >= 0.3 is 6.09 Å². The molecule has 1 aromatic carbocycles. The predicted octanol–water partition coefficient (Wildman–Crippen LogP) is 3.90. The minimum atomic E-state index is -0.788. The van der Waals surface area contributed by atoms with E-state index in [0.29, 0.717) is 44.7 Å². The quantitative estimate of drug-likeness (QED) is 0.192. The van der Waals surface area contributed by atoms with E-state index < -0.39 is 17.6 Å². The highest BCUT2D eigenvalue weighted by Crippen LogP contribution is 2.28. The molecule has 2 aliphatic rings. The van der Waals surface area contributed by atoms with Gasteiger partial charge in [-0.25, -0.2) is 19.7 Å². The van der Waals surface area contributed by atoms with Gasteiger partial charge in [-0.3, -0.25) is 24.2 Å². The molecule has 0 aliphatic carbocycles. The maximum atomic E-state index is 14.1. The van der Waals surface area contributed by atoms with Crippen LogP contribution in [0.3, 0.4) is 0 Å². The minimum Gasteiger partial charge on any atom is -0.444 e. The summed E-state index contributed by atoms with van der Waals surface area (Å²) in [6.07, 6.45) is 7.98. The summed E-state index contributed by atoms with van der Waals surface area (Å²) in [6, 6.07) is 11.5. The Hall–Kier alpha value is -4.99. The lowest BCUT2D eigenvalue weighted by Gasteiger charge is -2.37. The number of piperidine rings is 2. The second kappa shape index (κ2) is 20.3. The standard InChI is InChI=1S/C41H57N9O6/c1-6-29-8-7-9-30(22-29)31-23-35(47-37(52)27-50(40(54)56-41(2,3)4)25-32-10-15-43-28-46-32)38(45-24-31)39(53)49-20-13-34(14-21-49)55-33-11-18-48(19-12-33)26-36(51)44-17-16-42-5/h7-10,15,22-24,28,33-34,42H,6,11-14,16-21,25-27H2,1-5H3,(H,44,51)(H,47,52). The van der Waals surface area contributed by atoms with Gasteiger partial charge in [-0.05, 0) is 83.2 Å². The topological polar surface area (TPSA) is 171 Å². The van der Waals surface area contributed by atoms with E-state index in [9.17, 15) is 19.2 Å². The number of nitrogens with one attached hydrogen (secondary N) is 3. The summed E-state index contributed by atoms with van der Waals surface area (Å²) < 4.78 is 12.1. The number of nitrogens with zero attached hydrogens (tertiary/aromatic N) is 6. The molecular formula is C41H57N9O6. The summed E-state index contributed by atoms with van der Waals surface area (Å²) in [4.78, 5) is 71.3. The van der Waals surface area contributed by atoms with E-state index in [-0.39, 0.29) is 48.5 Å². The first-order chi connectivity index (χ1) is 26.9. The summed E-state index contributed by atoms with van der Waals surface area (Å²) in [5, 5.41) is 8.86. The Morgan fingerprint density at radius 1 is 0.911 bits per heavy atom. The molecule has 3 N–H and O–H groups in total. The van der Waals surface area contributed by atoms with Crippen LogP contribution in [0.1, 0.15) is 75.1 Å². The first-order valence-corrected chi connectivity index (χ1v) is 19.6. The maximum absolute atomic E-state index is 14.1. The Kier molecular flexibility index (Phi) is 15.2. The highest BCUT2D eigenvalue weighted by atomic mass is 16.6. The molecule has 0 radical (unpaired) electrons. The molecule has 56 heavy (non-hydrogen) atoms. The number of hydrogen-bond donors (Lipinski definition) is 3. The smallest absolute Gasteiger partial charge is 0.411 e. The van der Waals surface area contributed by atoms with E-state index in [1.807, 2.05) is 25.2 Å². The SMILES string of the molecule is CCc1cccc(-c2cnc(C(=O)N3CCC(OC4CCN(CC(=O)NCCNC)CC4)CC3)c(NC(=O)CN(Cc3ccncn3)C(=O)OC(C)(C)C)c2)c1. The van der Waals surface area contributed by atoms with Crippen LogP contribution in [0.25, 0.3) is 11.1 Å². The van der Waals surface area contributed by atoms with Crippen molar-refractivity contribution in [1.29, 1.82) is 0 Å². The van der Waals surface area contributed by atoms with Crippen molar-refractivity contribution in [2.45, 2.75) is 84.2 Å². The third-order valence-corrected chi connectivity index (χ3v) is 9.73. The second-order valence-electron chi connectivity index (χ2n) is 15.3. The fourth-order valence-electron chi connectivity index (χ4n) is 6.75. The zero-order valence-corrected chi connectivity index (χ0v) is 33.4. The number of anilines is 1. The van der Waals surface area contributed by atoms with Crippen LogP contribution in [0.4, 0.5) is 10.5 Å². The number of ether oxygens (including phenoxy) is 2. The number of benzene rings is 1. The van der Waals surface area contributed by atoms with Gasteiger partial charge < -0.3 is 30.3 Å². The van der Waals surface area contributed by atoms with E-state index >= 15 is 0 Å². The average Bonchev–Trinajstić information content (AvgIpc) is 3.18. The normalized spacial score (nSPS) is 15.6. The number of likely N-dealkylation sites (N-methyl/N-ethyl adjacent to an activating group) is 1. The summed E-state index contributed by atoms with van der Waals surface area (Å²) in [5.74, 6) is -0.776. The van der Waals surface area contributed by atoms with Gasteiger partial charge in [0.25, 0.3) is 5.91 Å². The molecule has 2 aromatic heterocycles. The van der Waals surface area contributed by atoms with Crippen molar-refractivity contribution in [3.8, 4) is 11.1 Å². The number of pyridine rings is 1. The van der Waals surface area contributed by atoms with Crippen LogP contribution in [0.2, 0.25) is 0 Å². The molecule has 15 heteroatoms. The first kappa shape index (κ1) is 42.2. The molecule has 302 valence electrons. The molecule has 0 bridgehead atoms. The molecule has 0 atom stereocenters. The Morgan fingerprint density at radius 3 is 2.30 bits per heavy atom. The van der Waals surface area contributed by atoms with Gasteiger partial charge in [0.2, 0.25) is 11.8 Å². The summed E-state index contributed by atoms with van der Waals surface area (Å²) in [5.41, 5.74) is 2.91. The molecular weight excluding hydrogens is 715 g/mol. The van der Waals surface area contributed by atoms with Gasteiger partial charge in [0.1, 0.15) is 18.5 Å². The fraction of sp³-hybridized carbons (Fsp3) is 0.537. The van der Waals surface area contributed by atoms with E-state index in [1.54, 1.807) is 50.2 Å². The van der Waals surface area contributed by atoms with Crippen LogP contribution in [-0.4, -0.2) is 131 Å². The van der Waals surface area contributed by atoms with Crippen molar-refractivity contribution in [3.05, 3.63) is 72.1 Å². The molecule has 0 unspecified atom stereocenters. The Labute approximate surface area is 329 Å². The monoisotopic (exact) mass is 771 g/mol. The van der Waals surface area contributed by atoms with Gasteiger partial charge in [0.05, 0.1) is 36.7 Å². The molecule has 15 nitrogen and oxygen atoms in total. The zero-order valence-electron chi connectivity index (χ0n) is 33.4. The summed E-state index contributed by atoms with van der Waals surface area (Å²) in [7, 11) is 1.86. The van der Waals surface area contributed by atoms with Gasteiger partial charge in [0.15, 0.2) is 5.69 Å². The van der Waals surface area contributed by atoms with E-state index in [2.05, 4.69) is 48.8 Å². The average molecular weight is 772 g/mol. The van der Waals surface area contributed by atoms with E-state index in [1.165, 1.54) is 11.2 Å². The van der Waals surface area contributed by atoms with Crippen molar-refractivity contribution in [3.63, 3.8) is 0 Å². The van der Waals surface area contributed by atoms with Crippen molar-refractivity contribution in [2.24, 2.45) is 0 Å². The van der Waals surface area contributed by atoms with Crippen LogP contribution >= 0.6 is 0 Å². The van der Waals surface area contributed by atoms with Gasteiger partial charge in [-0.15, -0.1) is 0 Å². The number of rotatable bonds is 15. The predicted molar refractivity (Wildman–Crippen MR) is 213 cm³/mol. The lowest BCUT2D eigenvalue weighted by Crippen LogP contribution is -2.46. The van der Waals surface area contributed by atoms with Gasteiger partial charge in [-0.1, -0.05) is 31.2 Å². The number of likely N-dealkylation sites (tertiary alicyclic amines) is 2. The number of amides is 4. The molecule has 2 aliphatic heterocycles. The van der Waals surface area contributed by atoms with E-state index in [4.69, 9.17) is 9.47 Å². The summed E-state index contributed by atoms with van der Waals surface area (Å²) >= 11 is 0. The van der Waals surface area contributed by atoms with Crippen molar-refractivity contribution in [1.82, 2.24) is 40.3 Å². The van der Waals surface area contributed by atoms with Crippen LogP contribution in [0.15, 0.2) is 55.1 Å². The Balaban J connectivity index is 1.24. The third kappa shape index (κ3) is 12.8. The molecule has 4 heterocycles. The number of aromatic nitrogens is 3. The first-order valence-electron chi connectivity index (χ1n) is 19.6. The second-order valence-corrected chi connectivity index (χ2v) is 15.3. The zero-order chi connectivity index (χ0) is 40.1. The lowest BCUT2D eigenvalue weighted by atomic mass is 10.0. The number of carbonyl (C=O) groups is 4. The maximum Gasteiger partial charge on any atom is 0.411 e. The molecule has 2 fully saturated rings. The van der Waals surface area contributed by atoms with Crippen LogP contribution in [0, 0.1) is 0 Å². The largest absolute Gasteiger partial charge is 0.444 e. The van der Waals surface area contributed by atoms with Gasteiger partial charge in [0, 0.05) is 57.2 Å². The van der Waals surface area contributed by atoms with Crippen LogP contribution < -0.4 is 16.0 Å². The molecule has 4 amide bonds. The minimum absolute atomic E-state index is 0.0171. The van der Waals surface area contributed by atoms with Gasteiger partial charge in [-0.2, -0.15) is 0 Å². The molecule has 5 rings (SSSR count). The van der Waals surface area contributed by atoms with Crippen molar-refractivity contribution < 1.29 is 28.7 Å². The number of aryl methyl sites for hydroxylation is 1. The summed E-state index contributed by atoms with van der Waals surface area (Å²) in [6.45, 7) is 11.3. The number of hydrogen-bond acceptors (Lipinski definition) is 11. The fourth-order valence-corrected chi connectivity index (χ4v) is 6.75. The number of carbonyl (C=O) groups excluding carboxylic acids is 4. The Morgan fingerprint density at radius 2 is 1.64 bits per heavy atom.